The van der Waals surface area contributed by atoms with Gasteiger partial charge in [0.2, 0.25) is 0 Å². The zero-order valence-corrected chi connectivity index (χ0v) is 8.31. The van der Waals surface area contributed by atoms with Crippen molar-refractivity contribution in [2.24, 2.45) is 4.99 Å². The highest BCUT2D eigenvalue weighted by Gasteiger charge is 2.34. The number of nitrogens with zero attached hydrogens (tertiary/aromatic N) is 1. The van der Waals surface area contributed by atoms with E-state index in [-0.39, 0.29) is 17.8 Å². The zero-order valence-electron chi connectivity index (χ0n) is 8.31. The van der Waals surface area contributed by atoms with Crippen molar-refractivity contribution in [1.29, 1.82) is 0 Å². The maximum atomic E-state index is 9.18. The third kappa shape index (κ3) is 2.05. The number of aliphatic hydroxyl groups is 1. The Hall–Kier alpha value is -0.410. The van der Waals surface area contributed by atoms with Gasteiger partial charge in [0, 0.05) is 17.7 Å². The SMILES string of the molecule is CC1=NC(C)(C)NC(C)(CO)C1. The summed E-state index contributed by atoms with van der Waals surface area (Å²) in [5.74, 6) is 0. The molecule has 12 heavy (non-hydrogen) atoms. The van der Waals surface area contributed by atoms with Gasteiger partial charge in [0.1, 0.15) is 5.66 Å². The van der Waals surface area contributed by atoms with E-state index in [0.717, 1.165) is 12.1 Å². The molecule has 0 aromatic heterocycles. The first-order valence-corrected chi connectivity index (χ1v) is 4.32. The Bertz CT molecular complexity index is 211. The van der Waals surface area contributed by atoms with Crippen LogP contribution < -0.4 is 5.32 Å². The molecule has 0 saturated carbocycles. The molecule has 0 bridgehead atoms. The van der Waals surface area contributed by atoms with E-state index in [1.54, 1.807) is 0 Å². The fraction of sp³-hybridized carbons (Fsp3) is 0.889. The molecular formula is C9H18N2O. The lowest BCUT2D eigenvalue weighted by Gasteiger charge is -2.40. The van der Waals surface area contributed by atoms with Crippen molar-refractivity contribution in [1.82, 2.24) is 5.32 Å². The number of rotatable bonds is 1. The monoisotopic (exact) mass is 170 g/mol. The lowest BCUT2D eigenvalue weighted by molar-refractivity contribution is 0.138. The summed E-state index contributed by atoms with van der Waals surface area (Å²) in [6.45, 7) is 8.22. The van der Waals surface area contributed by atoms with Gasteiger partial charge in [-0.15, -0.1) is 0 Å². The summed E-state index contributed by atoms with van der Waals surface area (Å²) in [5.41, 5.74) is 0.671. The fourth-order valence-corrected chi connectivity index (χ4v) is 1.99. The maximum Gasteiger partial charge on any atom is 0.105 e. The van der Waals surface area contributed by atoms with Gasteiger partial charge < -0.3 is 5.11 Å². The molecule has 0 spiro atoms. The van der Waals surface area contributed by atoms with Gasteiger partial charge in [0.05, 0.1) is 6.61 Å². The fourth-order valence-electron chi connectivity index (χ4n) is 1.99. The molecule has 0 aliphatic carbocycles. The molecule has 0 aromatic carbocycles. The maximum absolute atomic E-state index is 9.18. The molecule has 1 unspecified atom stereocenters. The molecule has 0 fully saturated rings. The van der Waals surface area contributed by atoms with Crippen molar-refractivity contribution < 1.29 is 5.11 Å². The third-order valence-corrected chi connectivity index (χ3v) is 2.07. The Balaban J connectivity index is 2.86. The minimum Gasteiger partial charge on any atom is -0.394 e. The minimum atomic E-state index is -0.236. The van der Waals surface area contributed by atoms with Crippen molar-refractivity contribution >= 4 is 5.71 Å². The number of hydrogen-bond acceptors (Lipinski definition) is 3. The van der Waals surface area contributed by atoms with Crippen molar-refractivity contribution in [3.05, 3.63) is 0 Å². The molecule has 1 rings (SSSR count). The van der Waals surface area contributed by atoms with Gasteiger partial charge in [-0.3, -0.25) is 10.3 Å². The Morgan fingerprint density at radius 1 is 1.50 bits per heavy atom. The van der Waals surface area contributed by atoms with Crippen molar-refractivity contribution in [2.45, 2.75) is 45.3 Å². The average molecular weight is 170 g/mol. The average Bonchev–Trinajstić information content (AvgIpc) is 1.82. The van der Waals surface area contributed by atoms with Crippen LogP contribution in [0, 0.1) is 0 Å². The normalized spacial score (nSPS) is 34.6. The minimum absolute atomic E-state index is 0.156. The molecule has 1 aliphatic heterocycles. The van der Waals surface area contributed by atoms with Crippen LogP contribution >= 0.6 is 0 Å². The second-order valence-electron chi connectivity index (χ2n) is 4.43. The van der Waals surface area contributed by atoms with Gasteiger partial charge >= 0.3 is 0 Å². The third-order valence-electron chi connectivity index (χ3n) is 2.07. The first-order valence-electron chi connectivity index (χ1n) is 4.32. The Morgan fingerprint density at radius 3 is 2.50 bits per heavy atom. The number of aliphatic hydroxyl groups excluding tert-OH is 1. The van der Waals surface area contributed by atoms with Crippen molar-refractivity contribution in [3.8, 4) is 0 Å². The quantitative estimate of drug-likeness (QED) is 0.615. The lowest BCUT2D eigenvalue weighted by Crippen LogP contribution is -2.59. The van der Waals surface area contributed by atoms with E-state index in [0.29, 0.717) is 0 Å². The zero-order chi connectivity index (χ0) is 9.41. The number of aliphatic imine (C=N–C) groups is 1. The largest absolute Gasteiger partial charge is 0.394 e. The van der Waals surface area contributed by atoms with Crippen LogP contribution in [0.15, 0.2) is 4.99 Å². The van der Waals surface area contributed by atoms with Gasteiger partial charge in [-0.2, -0.15) is 0 Å². The van der Waals surface area contributed by atoms with Crippen LogP contribution in [-0.2, 0) is 0 Å². The number of nitrogens with one attached hydrogen (secondary N) is 1. The van der Waals surface area contributed by atoms with E-state index >= 15 is 0 Å². The van der Waals surface area contributed by atoms with E-state index < -0.39 is 0 Å². The van der Waals surface area contributed by atoms with Gasteiger partial charge in [-0.25, -0.2) is 0 Å². The van der Waals surface area contributed by atoms with Crippen LogP contribution in [0.25, 0.3) is 0 Å². The molecule has 1 atom stereocenters. The highest BCUT2D eigenvalue weighted by Crippen LogP contribution is 2.22. The predicted octanol–water partition coefficient (Wildman–Crippen LogP) is 0.928. The summed E-state index contributed by atoms with van der Waals surface area (Å²) < 4.78 is 0. The topological polar surface area (TPSA) is 44.6 Å². The summed E-state index contributed by atoms with van der Waals surface area (Å²) >= 11 is 0. The summed E-state index contributed by atoms with van der Waals surface area (Å²) in [6, 6.07) is 0. The van der Waals surface area contributed by atoms with Gasteiger partial charge in [0.25, 0.3) is 0 Å². The summed E-state index contributed by atoms with van der Waals surface area (Å²) in [7, 11) is 0. The van der Waals surface area contributed by atoms with Crippen LogP contribution in [0.2, 0.25) is 0 Å². The smallest absolute Gasteiger partial charge is 0.105 e. The molecule has 70 valence electrons. The summed E-state index contributed by atoms with van der Waals surface area (Å²) in [5, 5.41) is 12.5. The van der Waals surface area contributed by atoms with Gasteiger partial charge in [0.15, 0.2) is 0 Å². The number of hydrogen-bond donors (Lipinski definition) is 2. The van der Waals surface area contributed by atoms with Crippen LogP contribution in [-0.4, -0.2) is 28.6 Å². The van der Waals surface area contributed by atoms with Gasteiger partial charge in [-0.05, 0) is 27.7 Å². The molecule has 0 radical (unpaired) electrons. The van der Waals surface area contributed by atoms with Crippen molar-refractivity contribution in [3.63, 3.8) is 0 Å². The van der Waals surface area contributed by atoms with E-state index in [1.807, 2.05) is 27.7 Å². The first kappa shape index (κ1) is 9.68. The summed E-state index contributed by atoms with van der Waals surface area (Å²) in [6.07, 6.45) is 0.826. The Morgan fingerprint density at radius 2 is 2.08 bits per heavy atom. The Kier molecular flexibility index (Phi) is 2.27. The second kappa shape index (κ2) is 2.82. The molecule has 0 aromatic rings. The molecule has 3 nitrogen and oxygen atoms in total. The second-order valence-corrected chi connectivity index (χ2v) is 4.43. The molecular weight excluding hydrogens is 152 g/mol. The first-order chi connectivity index (χ1) is 5.37. The molecule has 2 N–H and O–H groups in total. The van der Waals surface area contributed by atoms with Crippen LogP contribution in [0.3, 0.4) is 0 Å². The van der Waals surface area contributed by atoms with E-state index in [1.165, 1.54) is 0 Å². The van der Waals surface area contributed by atoms with E-state index in [9.17, 15) is 5.11 Å². The van der Waals surface area contributed by atoms with Crippen molar-refractivity contribution in [2.75, 3.05) is 6.61 Å². The molecule has 1 heterocycles. The van der Waals surface area contributed by atoms with E-state index in [4.69, 9.17) is 0 Å². The molecule has 0 saturated heterocycles. The molecule has 1 aliphatic rings. The highest BCUT2D eigenvalue weighted by molar-refractivity contribution is 5.84. The standard InChI is InChI=1S/C9H18N2O/c1-7-5-9(4,6-12)11-8(2,3)10-7/h11-12H,5-6H2,1-4H3. The lowest BCUT2D eigenvalue weighted by atomic mass is 9.91. The molecule has 3 heteroatoms. The van der Waals surface area contributed by atoms with E-state index in [2.05, 4.69) is 10.3 Å². The van der Waals surface area contributed by atoms with Crippen LogP contribution in [0.5, 0.6) is 0 Å². The van der Waals surface area contributed by atoms with Crippen LogP contribution in [0.1, 0.15) is 34.1 Å². The summed E-state index contributed by atoms with van der Waals surface area (Å²) in [4.78, 5) is 4.45. The van der Waals surface area contributed by atoms with Gasteiger partial charge in [-0.1, -0.05) is 0 Å². The van der Waals surface area contributed by atoms with Crippen LogP contribution in [0.4, 0.5) is 0 Å². The highest BCUT2D eigenvalue weighted by atomic mass is 16.3. The predicted molar refractivity (Wildman–Crippen MR) is 50.4 cm³/mol. The Labute approximate surface area is 73.9 Å². The molecule has 0 amide bonds.